The summed E-state index contributed by atoms with van der Waals surface area (Å²) in [6.45, 7) is 9.72. The van der Waals surface area contributed by atoms with Gasteiger partial charge in [0.1, 0.15) is 18.3 Å². The Kier molecular flexibility index (Phi) is 5.66. The maximum absolute atomic E-state index is 12.2. The van der Waals surface area contributed by atoms with Crippen LogP contribution < -0.4 is 0 Å². The Balaban J connectivity index is 2.09. The molecule has 3 aliphatic rings. The molecule has 29 heavy (non-hydrogen) atoms. The van der Waals surface area contributed by atoms with Gasteiger partial charge in [-0.3, -0.25) is 19.2 Å². The summed E-state index contributed by atoms with van der Waals surface area (Å²) in [5.74, 6) is -2.32. The highest BCUT2D eigenvalue weighted by Crippen LogP contribution is 2.59. The number of ether oxygens (including phenoxy) is 4. The molecule has 8 heteroatoms. The molecule has 0 spiro atoms. The molecule has 0 N–H and O–H groups in total. The SMILES string of the molecule is CC(=O)O[C@@H]1[C@H](OC(C)=O)[C@H]2[C@H](C)C[C@H]3OC(=O)[C@@H](C)[C@H]3C[C@]2(C)[C@H]1OC(C)=O. The van der Waals surface area contributed by atoms with Gasteiger partial charge in [-0.25, -0.2) is 0 Å². The van der Waals surface area contributed by atoms with E-state index >= 15 is 0 Å². The number of hydrogen-bond acceptors (Lipinski definition) is 8. The van der Waals surface area contributed by atoms with Crippen LogP contribution in [0.25, 0.3) is 0 Å². The summed E-state index contributed by atoms with van der Waals surface area (Å²) in [5, 5.41) is 0. The molecule has 0 aromatic carbocycles. The Morgan fingerprint density at radius 2 is 1.52 bits per heavy atom. The Morgan fingerprint density at radius 1 is 0.966 bits per heavy atom. The summed E-state index contributed by atoms with van der Waals surface area (Å²) >= 11 is 0. The third kappa shape index (κ3) is 3.73. The summed E-state index contributed by atoms with van der Waals surface area (Å²) in [6.07, 6.45) is -1.51. The van der Waals surface area contributed by atoms with E-state index in [1.165, 1.54) is 20.8 Å². The van der Waals surface area contributed by atoms with Crippen LogP contribution in [0, 0.1) is 29.1 Å². The molecule has 2 saturated carbocycles. The van der Waals surface area contributed by atoms with Crippen LogP contribution in [0.4, 0.5) is 0 Å². The minimum atomic E-state index is -0.900. The minimum absolute atomic E-state index is 0.0175. The van der Waals surface area contributed by atoms with E-state index in [0.717, 1.165) is 0 Å². The van der Waals surface area contributed by atoms with Gasteiger partial charge in [-0.1, -0.05) is 20.8 Å². The predicted octanol–water partition coefficient (Wildman–Crippen LogP) is 2.03. The average Bonchev–Trinajstić information content (AvgIpc) is 2.89. The first-order chi connectivity index (χ1) is 13.5. The zero-order chi connectivity index (χ0) is 21.7. The van der Waals surface area contributed by atoms with Crippen LogP contribution in [0.5, 0.6) is 0 Å². The highest BCUT2D eigenvalue weighted by Gasteiger charge is 2.67. The number of fused-ring (bicyclic) bond motifs is 2. The monoisotopic (exact) mass is 410 g/mol. The van der Waals surface area contributed by atoms with Gasteiger partial charge in [0.15, 0.2) is 6.10 Å². The molecule has 0 bridgehead atoms. The Hall–Kier alpha value is -2.12. The lowest BCUT2D eigenvalue weighted by Gasteiger charge is -2.38. The molecule has 1 heterocycles. The van der Waals surface area contributed by atoms with Crippen molar-refractivity contribution in [2.75, 3.05) is 0 Å². The van der Waals surface area contributed by atoms with Gasteiger partial charge in [0.25, 0.3) is 0 Å². The van der Waals surface area contributed by atoms with Crippen molar-refractivity contribution in [3.8, 4) is 0 Å². The fourth-order valence-electron chi connectivity index (χ4n) is 5.97. The van der Waals surface area contributed by atoms with E-state index in [1.54, 1.807) is 0 Å². The van der Waals surface area contributed by atoms with E-state index in [1.807, 2.05) is 20.8 Å². The lowest BCUT2D eigenvalue weighted by atomic mass is 9.68. The minimum Gasteiger partial charge on any atom is -0.462 e. The Morgan fingerprint density at radius 3 is 2.07 bits per heavy atom. The smallest absolute Gasteiger partial charge is 0.309 e. The summed E-state index contributed by atoms with van der Waals surface area (Å²) in [7, 11) is 0. The van der Waals surface area contributed by atoms with E-state index in [4.69, 9.17) is 18.9 Å². The molecule has 2 aliphatic carbocycles. The zero-order valence-electron chi connectivity index (χ0n) is 17.8. The molecule has 0 radical (unpaired) electrons. The maximum atomic E-state index is 12.2. The zero-order valence-corrected chi connectivity index (χ0v) is 17.8. The van der Waals surface area contributed by atoms with Crippen molar-refractivity contribution >= 4 is 23.9 Å². The molecule has 1 aliphatic heterocycles. The van der Waals surface area contributed by atoms with E-state index in [0.29, 0.717) is 12.8 Å². The van der Waals surface area contributed by atoms with E-state index in [2.05, 4.69) is 0 Å². The van der Waals surface area contributed by atoms with E-state index < -0.39 is 41.6 Å². The van der Waals surface area contributed by atoms with Crippen LogP contribution in [0.1, 0.15) is 54.4 Å². The van der Waals surface area contributed by atoms with Gasteiger partial charge in [-0.15, -0.1) is 0 Å². The number of rotatable bonds is 3. The van der Waals surface area contributed by atoms with Crippen molar-refractivity contribution in [2.24, 2.45) is 29.1 Å². The third-order valence-electron chi connectivity index (χ3n) is 6.94. The van der Waals surface area contributed by atoms with Gasteiger partial charge in [-0.2, -0.15) is 0 Å². The van der Waals surface area contributed by atoms with Gasteiger partial charge in [0, 0.05) is 38.0 Å². The third-order valence-corrected chi connectivity index (χ3v) is 6.94. The summed E-state index contributed by atoms with van der Waals surface area (Å²) < 4.78 is 22.5. The number of carbonyl (C=O) groups excluding carboxylic acids is 4. The molecule has 0 amide bonds. The molecule has 1 saturated heterocycles. The maximum Gasteiger partial charge on any atom is 0.309 e. The second kappa shape index (κ2) is 7.61. The standard InChI is InChI=1S/C21H30O8/c1-9-7-15-14(10(2)20(25)29-15)8-21(6)16(9)17(26-11(3)22)18(27-12(4)23)19(21)28-13(5)24/h9-10,14-19H,7-8H2,1-6H3/t9-,10+,14-,15-,16-,17-,18-,19+,21+/m1/s1. The van der Waals surface area contributed by atoms with Crippen LogP contribution >= 0.6 is 0 Å². The number of carbonyl (C=O) groups is 4. The summed E-state index contributed by atoms with van der Waals surface area (Å²) in [6, 6.07) is 0. The average molecular weight is 410 g/mol. The molecule has 9 atom stereocenters. The lowest BCUT2D eigenvalue weighted by Crippen LogP contribution is -2.43. The fraction of sp³-hybridized carbons (Fsp3) is 0.810. The lowest BCUT2D eigenvalue weighted by molar-refractivity contribution is -0.178. The summed E-state index contributed by atoms with van der Waals surface area (Å²) in [5.41, 5.74) is -0.660. The van der Waals surface area contributed by atoms with Crippen LogP contribution in [-0.2, 0) is 38.1 Å². The van der Waals surface area contributed by atoms with Crippen molar-refractivity contribution < 1.29 is 38.1 Å². The highest BCUT2D eigenvalue weighted by molar-refractivity contribution is 5.75. The van der Waals surface area contributed by atoms with Crippen molar-refractivity contribution in [2.45, 2.75) is 78.8 Å². The van der Waals surface area contributed by atoms with Crippen molar-refractivity contribution in [1.29, 1.82) is 0 Å². The predicted molar refractivity (Wildman–Crippen MR) is 99.2 cm³/mol. The summed E-state index contributed by atoms with van der Waals surface area (Å²) in [4.78, 5) is 47.8. The second-order valence-electron chi connectivity index (χ2n) is 9.05. The van der Waals surface area contributed by atoms with Crippen LogP contribution in [-0.4, -0.2) is 48.3 Å². The first-order valence-corrected chi connectivity index (χ1v) is 10.2. The van der Waals surface area contributed by atoms with Gasteiger partial charge < -0.3 is 18.9 Å². The Bertz CT molecular complexity index is 717. The topological polar surface area (TPSA) is 105 Å². The van der Waals surface area contributed by atoms with Gasteiger partial charge >= 0.3 is 23.9 Å². The van der Waals surface area contributed by atoms with E-state index in [-0.39, 0.29) is 35.7 Å². The molecule has 3 fully saturated rings. The van der Waals surface area contributed by atoms with Crippen molar-refractivity contribution in [3.05, 3.63) is 0 Å². The van der Waals surface area contributed by atoms with Crippen LogP contribution in [0.3, 0.4) is 0 Å². The normalized spacial score (nSPS) is 43.4. The molecular weight excluding hydrogens is 380 g/mol. The first kappa shape index (κ1) is 21.6. The van der Waals surface area contributed by atoms with Gasteiger partial charge in [0.2, 0.25) is 0 Å². The molecule has 8 nitrogen and oxygen atoms in total. The first-order valence-electron chi connectivity index (χ1n) is 10.2. The second-order valence-corrected chi connectivity index (χ2v) is 9.05. The van der Waals surface area contributed by atoms with E-state index in [9.17, 15) is 19.2 Å². The van der Waals surface area contributed by atoms with Crippen LogP contribution in [0.2, 0.25) is 0 Å². The number of hydrogen-bond donors (Lipinski definition) is 0. The largest absolute Gasteiger partial charge is 0.462 e. The fourth-order valence-corrected chi connectivity index (χ4v) is 5.97. The molecule has 0 aromatic heterocycles. The van der Waals surface area contributed by atoms with Crippen LogP contribution in [0.15, 0.2) is 0 Å². The van der Waals surface area contributed by atoms with Gasteiger partial charge in [-0.05, 0) is 18.8 Å². The molecule has 162 valence electrons. The number of esters is 4. The van der Waals surface area contributed by atoms with Crippen molar-refractivity contribution in [3.63, 3.8) is 0 Å². The Labute approximate surface area is 170 Å². The quantitative estimate of drug-likeness (QED) is 0.514. The van der Waals surface area contributed by atoms with Crippen molar-refractivity contribution in [1.82, 2.24) is 0 Å². The highest BCUT2D eigenvalue weighted by atomic mass is 16.6. The molecule has 3 rings (SSSR count). The molecule has 0 aromatic rings. The van der Waals surface area contributed by atoms with Gasteiger partial charge in [0.05, 0.1) is 5.92 Å². The molecule has 0 unspecified atom stereocenters. The molecular formula is C21H30O8.